The van der Waals surface area contributed by atoms with Crippen molar-refractivity contribution in [3.63, 3.8) is 0 Å². The fourth-order valence-corrected chi connectivity index (χ4v) is 4.35. The minimum atomic E-state index is -3.65. The second kappa shape index (κ2) is 7.92. The molecule has 0 spiro atoms. The summed E-state index contributed by atoms with van der Waals surface area (Å²) in [7, 11) is -3.65. The first kappa shape index (κ1) is 19.5. The molecule has 0 unspecified atom stereocenters. The van der Waals surface area contributed by atoms with Crippen molar-refractivity contribution in [1.82, 2.24) is 4.72 Å². The third-order valence-corrected chi connectivity index (χ3v) is 5.89. The highest BCUT2D eigenvalue weighted by atomic mass is 32.2. The van der Waals surface area contributed by atoms with E-state index in [9.17, 15) is 18.0 Å². The number of aliphatic imine (C=N–C) groups is 1. The summed E-state index contributed by atoms with van der Waals surface area (Å²) in [5.41, 5.74) is 1.89. The highest BCUT2D eigenvalue weighted by molar-refractivity contribution is 7.90. The Hall–Kier alpha value is -3.78. The fraction of sp³-hybridized carbons (Fsp3) is 0.0455. The Morgan fingerprint density at radius 1 is 0.867 bits per heavy atom. The molecule has 0 fully saturated rings. The number of carbonyl (C=O) groups excluding carboxylic acids is 2. The average molecular weight is 419 g/mol. The highest BCUT2D eigenvalue weighted by Gasteiger charge is 2.30. The van der Waals surface area contributed by atoms with Crippen molar-refractivity contribution in [2.45, 2.75) is 4.90 Å². The lowest BCUT2D eigenvalue weighted by Gasteiger charge is -2.07. The summed E-state index contributed by atoms with van der Waals surface area (Å²) < 4.78 is 26.5. The van der Waals surface area contributed by atoms with Crippen molar-refractivity contribution in [1.29, 1.82) is 0 Å². The lowest BCUT2D eigenvalue weighted by Crippen LogP contribution is -2.24. The quantitative estimate of drug-likeness (QED) is 0.620. The molecule has 0 atom stereocenters. The lowest BCUT2D eigenvalue weighted by molar-refractivity contribution is -0.114. The Balaban J connectivity index is 1.47. The molecule has 1 heterocycles. The molecular formula is C22H17N3O4S. The van der Waals surface area contributed by atoms with Crippen molar-refractivity contribution >= 4 is 33.2 Å². The molecule has 1 aliphatic heterocycles. The smallest absolute Gasteiger partial charge is 0.263 e. The molecule has 0 aromatic heterocycles. The molecule has 8 heteroatoms. The normalized spacial score (nSPS) is 15.3. The molecule has 0 saturated carbocycles. The minimum absolute atomic E-state index is 0.133. The second-order valence-corrected chi connectivity index (χ2v) is 8.24. The van der Waals surface area contributed by atoms with E-state index in [2.05, 4.69) is 15.0 Å². The van der Waals surface area contributed by atoms with Crippen LogP contribution in [0, 0.1) is 0 Å². The molecule has 7 nitrogen and oxygen atoms in total. The van der Waals surface area contributed by atoms with E-state index in [1.807, 2.05) is 6.07 Å². The van der Waals surface area contributed by atoms with Crippen LogP contribution in [0.3, 0.4) is 0 Å². The molecule has 0 saturated heterocycles. The van der Waals surface area contributed by atoms with Crippen LogP contribution in [0.5, 0.6) is 0 Å². The van der Waals surface area contributed by atoms with Gasteiger partial charge in [0.1, 0.15) is 12.4 Å². The van der Waals surface area contributed by atoms with Crippen molar-refractivity contribution in [3.05, 3.63) is 95.6 Å². The van der Waals surface area contributed by atoms with Crippen molar-refractivity contribution < 1.29 is 18.0 Å². The third-order valence-electron chi connectivity index (χ3n) is 4.49. The zero-order chi connectivity index (χ0) is 21.1. The van der Waals surface area contributed by atoms with Crippen LogP contribution in [-0.2, 0) is 14.8 Å². The Labute approximate surface area is 173 Å². The number of benzene rings is 3. The molecule has 150 valence electrons. The first-order valence-electron chi connectivity index (χ1n) is 9.10. The first-order chi connectivity index (χ1) is 14.4. The van der Waals surface area contributed by atoms with Crippen LogP contribution < -0.4 is 10.0 Å². The monoisotopic (exact) mass is 419 g/mol. The first-order valence-corrected chi connectivity index (χ1v) is 10.6. The van der Waals surface area contributed by atoms with Gasteiger partial charge in [0.05, 0.1) is 4.90 Å². The van der Waals surface area contributed by atoms with Crippen LogP contribution in [0.4, 0.5) is 5.69 Å². The minimum Gasteiger partial charge on any atom is -0.324 e. The lowest BCUT2D eigenvalue weighted by atomic mass is 10.0. The number of ketones is 1. The van der Waals surface area contributed by atoms with E-state index < -0.39 is 15.9 Å². The maximum absolute atomic E-state index is 12.6. The van der Waals surface area contributed by atoms with Crippen LogP contribution >= 0.6 is 0 Å². The van der Waals surface area contributed by atoms with Gasteiger partial charge in [0.15, 0.2) is 5.78 Å². The topological polar surface area (TPSA) is 105 Å². The maximum atomic E-state index is 12.6. The van der Waals surface area contributed by atoms with Gasteiger partial charge in [-0.3, -0.25) is 19.3 Å². The number of amides is 1. The maximum Gasteiger partial charge on any atom is 0.263 e. The van der Waals surface area contributed by atoms with Gasteiger partial charge >= 0.3 is 0 Å². The van der Waals surface area contributed by atoms with E-state index in [1.165, 1.54) is 6.07 Å². The number of hydrogen-bond acceptors (Lipinski definition) is 5. The van der Waals surface area contributed by atoms with Gasteiger partial charge in [0, 0.05) is 22.4 Å². The van der Waals surface area contributed by atoms with Gasteiger partial charge in [-0.25, -0.2) is 8.42 Å². The van der Waals surface area contributed by atoms with E-state index in [-0.39, 0.29) is 23.1 Å². The van der Waals surface area contributed by atoms with E-state index in [0.717, 1.165) is 0 Å². The summed E-state index contributed by atoms with van der Waals surface area (Å²) in [5.74, 6) is -0.451. The molecular weight excluding hydrogens is 402 g/mol. The van der Waals surface area contributed by atoms with Crippen molar-refractivity contribution in [2.75, 3.05) is 11.9 Å². The van der Waals surface area contributed by atoms with Crippen molar-refractivity contribution in [2.24, 2.45) is 4.99 Å². The molecule has 0 radical (unpaired) electrons. The molecule has 1 amide bonds. The molecule has 2 N–H and O–H groups in total. The number of rotatable bonds is 5. The summed E-state index contributed by atoms with van der Waals surface area (Å²) in [6, 6.07) is 21.9. The molecule has 1 aliphatic rings. The number of amidine groups is 1. The van der Waals surface area contributed by atoms with Crippen molar-refractivity contribution in [3.8, 4) is 0 Å². The van der Waals surface area contributed by atoms with Crippen LogP contribution in [-0.4, -0.2) is 32.5 Å². The summed E-state index contributed by atoms with van der Waals surface area (Å²) in [5, 5.41) is 2.68. The van der Waals surface area contributed by atoms with Crippen LogP contribution in [0.1, 0.15) is 21.5 Å². The average Bonchev–Trinajstić information content (AvgIpc) is 3.03. The molecule has 0 aliphatic carbocycles. The standard InChI is InChI=1S/C22H17N3O4S/c26-20(14-23-22-18-11-4-5-12-19(18)30(28,29)25-22)24-17-10-6-9-16(13-17)21(27)15-7-2-1-3-8-15/h1-13H,14H2,(H,23,25)(H,24,26). The third kappa shape index (κ3) is 3.99. The van der Waals surface area contributed by atoms with Gasteiger partial charge in [0.2, 0.25) is 5.91 Å². The predicted molar refractivity (Wildman–Crippen MR) is 113 cm³/mol. The van der Waals surface area contributed by atoms with Gasteiger partial charge in [-0.2, -0.15) is 0 Å². The Bertz CT molecular complexity index is 1270. The van der Waals surface area contributed by atoms with E-state index >= 15 is 0 Å². The molecule has 3 aromatic carbocycles. The van der Waals surface area contributed by atoms with Gasteiger partial charge in [0.25, 0.3) is 10.0 Å². The summed E-state index contributed by atoms with van der Waals surface area (Å²) in [4.78, 5) is 29.1. The number of nitrogens with zero attached hydrogens (tertiary/aromatic N) is 1. The van der Waals surface area contributed by atoms with Crippen LogP contribution in [0.15, 0.2) is 88.8 Å². The predicted octanol–water partition coefficient (Wildman–Crippen LogP) is 2.59. The fourth-order valence-electron chi connectivity index (χ4n) is 3.10. The van der Waals surface area contributed by atoms with Gasteiger partial charge in [-0.1, -0.05) is 54.6 Å². The number of anilines is 1. The number of nitrogens with one attached hydrogen (secondary N) is 2. The zero-order valence-corrected chi connectivity index (χ0v) is 16.5. The second-order valence-electron chi connectivity index (χ2n) is 6.59. The van der Waals surface area contributed by atoms with Crippen LogP contribution in [0.25, 0.3) is 0 Å². The highest BCUT2D eigenvalue weighted by Crippen LogP contribution is 2.22. The Kier molecular flexibility index (Phi) is 5.16. The number of sulfonamides is 1. The van der Waals surface area contributed by atoms with E-state index in [0.29, 0.717) is 22.4 Å². The number of hydrogen-bond donors (Lipinski definition) is 2. The largest absolute Gasteiger partial charge is 0.324 e. The van der Waals surface area contributed by atoms with Gasteiger partial charge in [-0.15, -0.1) is 0 Å². The summed E-state index contributed by atoms with van der Waals surface area (Å²) >= 11 is 0. The molecule has 30 heavy (non-hydrogen) atoms. The molecule has 3 aromatic rings. The SMILES string of the molecule is O=C(CN=C1NS(=O)(=O)c2ccccc21)Nc1cccc(C(=O)c2ccccc2)c1. The molecule has 4 rings (SSSR count). The van der Waals surface area contributed by atoms with E-state index in [4.69, 9.17) is 0 Å². The Morgan fingerprint density at radius 3 is 2.37 bits per heavy atom. The van der Waals surface area contributed by atoms with Gasteiger partial charge in [-0.05, 0) is 24.3 Å². The zero-order valence-electron chi connectivity index (χ0n) is 15.7. The number of fused-ring (bicyclic) bond motifs is 1. The molecule has 0 bridgehead atoms. The number of carbonyl (C=O) groups is 2. The van der Waals surface area contributed by atoms with Crippen LogP contribution in [0.2, 0.25) is 0 Å². The Morgan fingerprint density at radius 2 is 1.57 bits per heavy atom. The van der Waals surface area contributed by atoms with E-state index in [1.54, 1.807) is 66.7 Å². The summed E-state index contributed by atoms with van der Waals surface area (Å²) in [6.45, 7) is -0.275. The van der Waals surface area contributed by atoms with Gasteiger partial charge < -0.3 is 5.32 Å². The summed E-state index contributed by atoms with van der Waals surface area (Å²) in [6.07, 6.45) is 0.